The van der Waals surface area contributed by atoms with Crippen LogP contribution in [0, 0.1) is 11.3 Å². The zero-order chi connectivity index (χ0) is 18.3. The lowest BCUT2D eigenvalue weighted by Crippen LogP contribution is -2.18. The molecule has 0 spiro atoms. The smallest absolute Gasteiger partial charge is 0.337 e. The van der Waals surface area contributed by atoms with E-state index in [4.69, 9.17) is 0 Å². The van der Waals surface area contributed by atoms with E-state index in [0.717, 1.165) is 23.4 Å². The van der Waals surface area contributed by atoms with Crippen LogP contribution >= 0.6 is 23.5 Å². The summed E-state index contributed by atoms with van der Waals surface area (Å²) in [6.07, 6.45) is 1.91. The maximum Gasteiger partial charge on any atom is 0.344 e. The molecular formula is C17H15N5O2S2. The number of hydrogen-bond acceptors (Lipinski definition) is 7. The van der Waals surface area contributed by atoms with E-state index in [1.54, 1.807) is 4.57 Å². The number of allylic oxidation sites excluding steroid dienone is 1. The maximum atomic E-state index is 12.7. The van der Waals surface area contributed by atoms with Crippen LogP contribution in [0.15, 0.2) is 49.7 Å². The van der Waals surface area contributed by atoms with Crippen molar-refractivity contribution in [1.29, 1.82) is 5.26 Å². The second kappa shape index (κ2) is 6.70. The van der Waals surface area contributed by atoms with Gasteiger partial charge < -0.3 is 4.90 Å². The summed E-state index contributed by atoms with van der Waals surface area (Å²) < 4.78 is 1.60. The van der Waals surface area contributed by atoms with Crippen molar-refractivity contribution in [2.75, 3.05) is 17.7 Å². The first kappa shape index (κ1) is 17.0. The lowest BCUT2D eigenvalue weighted by Gasteiger charge is -2.14. The van der Waals surface area contributed by atoms with Gasteiger partial charge in [-0.25, -0.2) is 9.89 Å². The Bertz CT molecular complexity index is 1010. The number of nitrogens with zero attached hydrogens (tertiary/aromatic N) is 4. The minimum Gasteiger partial charge on any atom is -0.337 e. The van der Waals surface area contributed by atoms with E-state index in [0.29, 0.717) is 10.2 Å². The average Bonchev–Trinajstić information content (AvgIpc) is 3.34. The summed E-state index contributed by atoms with van der Waals surface area (Å²) in [5, 5.41) is 17.1. The molecule has 2 aliphatic rings. The normalized spacial score (nSPS) is 17.8. The van der Waals surface area contributed by atoms with Crippen LogP contribution in [0.3, 0.4) is 0 Å². The highest BCUT2D eigenvalue weighted by Gasteiger charge is 2.30. The number of hydrogen-bond donors (Lipinski definition) is 1. The second-order valence-corrected chi connectivity index (χ2v) is 8.02. The van der Waals surface area contributed by atoms with Crippen LogP contribution in [-0.2, 0) is 4.79 Å². The molecule has 1 aliphatic carbocycles. The van der Waals surface area contributed by atoms with Crippen LogP contribution in [0.25, 0.3) is 0 Å². The van der Waals surface area contributed by atoms with Crippen LogP contribution in [0.5, 0.6) is 0 Å². The molecule has 26 heavy (non-hydrogen) atoms. The number of thioether (sulfide) groups is 2. The van der Waals surface area contributed by atoms with Gasteiger partial charge in [0.1, 0.15) is 16.7 Å². The number of aromatic nitrogens is 3. The summed E-state index contributed by atoms with van der Waals surface area (Å²) in [5.74, 6) is -0.203. The van der Waals surface area contributed by atoms with Crippen molar-refractivity contribution in [2.24, 2.45) is 0 Å². The van der Waals surface area contributed by atoms with Crippen LogP contribution < -0.4 is 10.6 Å². The van der Waals surface area contributed by atoms with Crippen molar-refractivity contribution in [3.8, 4) is 6.07 Å². The van der Waals surface area contributed by atoms with Crippen LogP contribution in [-0.4, -0.2) is 33.3 Å². The highest BCUT2D eigenvalue weighted by Crippen LogP contribution is 2.46. The Balaban J connectivity index is 1.54. The minimum atomic E-state index is -0.266. The average molecular weight is 385 g/mol. The van der Waals surface area contributed by atoms with Gasteiger partial charge in [0.15, 0.2) is 10.9 Å². The van der Waals surface area contributed by atoms with Gasteiger partial charge >= 0.3 is 5.69 Å². The number of anilines is 1. The number of fused-ring (bicyclic) bond motifs is 1. The van der Waals surface area contributed by atoms with Gasteiger partial charge in [-0.2, -0.15) is 5.26 Å². The predicted octanol–water partition coefficient (Wildman–Crippen LogP) is 2.54. The minimum absolute atomic E-state index is 0.0636. The number of aromatic amines is 1. The molecule has 132 valence electrons. The van der Waals surface area contributed by atoms with Crippen molar-refractivity contribution in [3.63, 3.8) is 0 Å². The number of rotatable bonds is 5. The third-order valence-corrected chi connectivity index (χ3v) is 6.45. The summed E-state index contributed by atoms with van der Waals surface area (Å²) in [4.78, 5) is 27.4. The van der Waals surface area contributed by atoms with Crippen LogP contribution in [0.1, 0.15) is 18.9 Å². The topological polar surface area (TPSA) is 94.8 Å². The number of para-hydroxylation sites is 1. The van der Waals surface area contributed by atoms with Crippen molar-refractivity contribution in [2.45, 2.75) is 28.9 Å². The summed E-state index contributed by atoms with van der Waals surface area (Å²) in [7, 11) is 1.85. The van der Waals surface area contributed by atoms with Gasteiger partial charge in [-0.15, -0.1) is 5.10 Å². The number of benzene rings is 1. The molecule has 1 aliphatic heterocycles. The standard InChI is InChI=1S/C17H15N5O2S2/c1-21-12-4-2-3-5-14(12)26-15(21)11(8-18)13(23)9-25-17-20-19-16(24)22(17)10-6-7-10/h2-5,10H,6-7,9H2,1H3,(H,19,24)/b15-11+. The largest absolute Gasteiger partial charge is 0.344 e. The quantitative estimate of drug-likeness (QED) is 0.480. The molecule has 1 fully saturated rings. The van der Waals surface area contributed by atoms with Gasteiger partial charge in [-0.1, -0.05) is 35.7 Å². The Morgan fingerprint density at radius 2 is 2.23 bits per heavy atom. The zero-order valence-corrected chi connectivity index (χ0v) is 15.6. The lowest BCUT2D eigenvalue weighted by atomic mass is 10.2. The Morgan fingerprint density at radius 1 is 1.46 bits per heavy atom. The first-order valence-electron chi connectivity index (χ1n) is 8.08. The first-order valence-corrected chi connectivity index (χ1v) is 9.88. The third kappa shape index (κ3) is 2.95. The predicted molar refractivity (Wildman–Crippen MR) is 100 cm³/mol. The number of Topliss-reactive ketones (excluding diaryl/α,β-unsaturated/α-hetero) is 1. The molecule has 0 bridgehead atoms. The van der Waals surface area contributed by atoms with Gasteiger partial charge in [-0.05, 0) is 25.0 Å². The summed E-state index contributed by atoms with van der Waals surface area (Å²) in [5.41, 5.74) is 0.871. The van der Waals surface area contributed by atoms with Gasteiger partial charge in [0.2, 0.25) is 0 Å². The molecular weight excluding hydrogens is 370 g/mol. The lowest BCUT2D eigenvalue weighted by molar-refractivity contribution is -0.112. The van der Waals surface area contributed by atoms with Crippen molar-refractivity contribution < 1.29 is 4.79 Å². The number of carbonyl (C=O) groups is 1. The molecule has 1 aromatic carbocycles. The monoisotopic (exact) mass is 385 g/mol. The molecule has 0 atom stereocenters. The fourth-order valence-corrected chi connectivity index (χ4v) is 4.85. The highest BCUT2D eigenvalue weighted by molar-refractivity contribution is 8.03. The van der Waals surface area contributed by atoms with E-state index in [-0.39, 0.29) is 28.8 Å². The summed E-state index contributed by atoms with van der Waals surface area (Å²) in [6.45, 7) is 0. The van der Waals surface area contributed by atoms with Crippen LogP contribution in [0.4, 0.5) is 5.69 Å². The van der Waals surface area contributed by atoms with Gasteiger partial charge in [0.25, 0.3) is 0 Å². The van der Waals surface area contributed by atoms with E-state index in [9.17, 15) is 14.9 Å². The molecule has 0 amide bonds. The molecule has 2 heterocycles. The molecule has 1 aromatic heterocycles. The van der Waals surface area contributed by atoms with Crippen molar-refractivity contribution in [1.82, 2.24) is 14.8 Å². The fraction of sp³-hybridized carbons (Fsp3) is 0.294. The Hall–Kier alpha value is -2.44. The van der Waals surface area contributed by atoms with Crippen molar-refractivity contribution in [3.05, 3.63) is 45.4 Å². The molecule has 0 radical (unpaired) electrons. The highest BCUT2D eigenvalue weighted by atomic mass is 32.2. The molecule has 1 N–H and O–H groups in total. The number of ketones is 1. The maximum absolute atomic E-state index is 12.7. The third-order valence-electron chi connectivity index (χ3n) is 4.26. The van der Waals surface area contributed by atoms with Gasteiger partial charge in [0.05, 0.1) is 11.4 Å². The molecule has 7 nitrogen and oxygen atoms in total. The molecule has 0 unspecified atom stereocenters. The SMILES string of the molecule is CN1/C(=C(/C#N)C(=O)CSc2n[nH]c(=O)n2C2CC2)Sc2ccccc21. The zero-order valence-electron chi connectivity index (χ0n) is 13.9. The molecule has 0 saturated heterocycles. The van der Waals surface area contributed by atoms with Gasteiger partial charge in [-0.3, -0.25) is 9.36 Å². The molecule has 9 heteroatoms. The number of H-pyrrole nitrogens is 1. The van der Waals surface area contributed by atoms with E-state index >= 15 is 0 Å². The first-order chi connectivity index (χ1) is 12.6. The number of carbonyl (C=O) groups excluding carboxylic acids is 1. The molecule has 4 rings (SSSR count). The Morgan fingerprint density at radius 3 is 2.92 bits per heavy atom. The van der Waals surface area contributed by atoms with Crippen LogP contribution in [0.2, 0.25) is 0 Å². The molecule has 1 saturated carbocycles. The van der Waals surface area contributed by atoms with E-state index < -0.39 is 0 Å². The van der Waals surface area contributed by atoms with E-state index in [1.807, 2.05) is 36.2 Å². The summed E-state index contributed by atoms with van der Waals surface area (Å²) >= 11 is 2.61. The fourth-order valence-electron chi connectivity index (χ4n) is 2.80. The van der Waals surface area contributed by atoms with E-state index in [1.165, 1.54) is 23.5 Å². The Kier molecular flexibility index (Phi) is 4.38. The van der Waals surface area contributed by atoms with Gasteiger partial charge in [0, 0.05) is 18.0 Å². The number of nitrogens with one attached hydrogen (secondary N) is 1. The number of nitriles is 1. The summed E-state index contributed by atoms with van der Waals surface area (Å²) in [6, 6.07) is 10.0. The molecule has 2 aromatic rings. The Labute approximate surface area is 158 Å². The second-order valence-electron chi connectivity index (χ2n) is 6.05. The van der Waals surface area contributed by atoms with E-state index in [2.05, 4.69) is 16.3 Å². The van der Waals surface area contributed by atoms with Crippen molar-refractivity contribution >= 4 is 35.0 Å².